The zero-order valence-corrected chi connectivity index (χ0v) is 15.3. The minimum atomic E-state index is -0.224. The van der Waals surface area contributed by atoms with Crippen molar-refractivity contribution in [3.63, 3.8) is 0 Å². The van der Waals surface area contributed by atoms with E-state index < -0.39 is 0 Å². The molecule has 1 aromatic carbocycles. The summed E-state index contributed by atoms with van der Waals surface area (Å²) in [5.74, 6) is 2.12. The third kappa shape index (κ3) is 3.55. The fourth-order valence-corrected chi connectivity index (χ4v) is 3.90. The summed E-state index contributed by atoms with van der Waals surface area (Å²) in [7, 11) is 0. The molecule has 2 aliphatic rings. The number of carbonyl (C=O) groups is 1. The number of piperidine rings is 1. The monoisotopic (exact) mass is 354 g/mol. The summed E-state index contributed by atoms with van der Waals surface area (Å²) < 4.78 is 11.9. The predicted octanol–water partition coefficient (Wildman–Crippen LogP) is 3.24. The Bertz CT molecular complexity index is 748. The van der Waals surface area contributed by atoms with Crippen LogP contribution in [0.2, 0.25) is 0 Å². The molecule has 0 atom stereocenters. The number of carbonyl (C=O) groups excluding carboxylic acids is 1. The van der Waals surface area contributed by atoms with Gasteiger partial charge in [-0.1, -0.05) is 25.1 Å². The van der Waals surface area contributed by atoms with Crippen LogP contribution in [0.3, 0.4) is 0 Å². The van der Waals surface area contributed by atoms with Gasteiger partial charge in [-0.05, 0) is 37.1 Å². The smallest absolute Gasteiger partial charge is 0.253 e. The molecule has 0 saturated carbocycles. The first-order valence-electron chi connectivity index (χ1n) is 9.47. The largest absolute Gasteiger partial charge is 0.465 e. The fraction of sp³-hybridized carbons (Fsp3) is 0.476. The third-order valence-electron chi connectivity index (χ3n) is 5.53. The lowest BCUT2D eigenvalue weighted by Gasteiger charge is -2.46. The van der Waals surface area contributed by atoms with Crippen molar-refractivity contribution < 1.29 is 13.9 Å². The molecule has 138 valence electrons. The Morgan fingerprint density at radius 3 is 2.46 bits per heavy atom. The van der Waals surface area contributed by atoms with Crippen molar-refractivity contribution >= 4 is 11.6 Å². The van der Waals surface area contributed by atoms with Crippen molar-refractivity contribution in [1.29, 1.82) is 0 Å². The third-order valence-corrected chi connectivity index (χ3v) is 5.53. The first kappa shape index (κ1) is 17.3. The molecule has 2 saturated heterocycles. The molecule has 1 aromatic heterocycles. The zero-order valence-electron chi connectivity index (χ0n) is 15.3. The van der Waals surface area contributed by atoms with Gasteiger partial charge in [-0.15, -0.1) is 0 Å². The van der Waals surface area contributed by atoms with Gasteiger partial charge in [0.25, 0.3) is 5.91 Å². The topological polar surface area (TPSA) is 45.9 Å². The van der Waals surface area contributed by atoms with E-state index in [0.29, 0.717) is 6.54 Å². The molecule has 0 N–H and O–H groups in total. The number of ether oxygens (including phenoxy) is 1. The number of rotatable bonds is 4. The molecule has 1 amide bonds. The number of hydrogen-bond acceptors (Lipinski definition) is 4. The Balaban J connectivity index is 1.39. The molecule has 26 heavy (non-hydrogen) atoms. The minimum Gasteiger partial charge on any atom is -0.465 e. The van der Waals surface area contributed by atoms with Crippen LogP contribution in [0.15, 0.2) is 46.9 Å². The Morgan fingerprint density at radius 1 is 1.04 bits per heavy atom. The molecule has 2 fully saturated rings. The van der Waals surface area contributed by atoms with Gasteiger partial charge in [-0.3, -0.25) is 9.69 Å². The van der Waals surface area contributed by atoms with Crippen molar-refractivity contribution in [2.24, 2.45) is 0 Å². The number of furan rings is 1. The second kappa shape index (κ2) is 7.25. The first-order valence-corrected chi connectivity index (χ1v) is 9.47. The van der Waals surface area contributed by atoms with Crippen molar-refractivity contribution in [3.05, 3.63) is 54.0 Å². The first-order chi connectivity index (χ1) is 12.7. The summed E-state index contributed by atoms with van der Waals surface area (Å²) >= 11 is 0. The maximum Gasteiger partial charge on any atom is 0.253 e. The highest BCUT2D eigenvalue weighted by molar-refractivity contribution is 5.95. The summed E-state index contributed by atoms with van der Waals surface area (Å²) in [6, 6.07) is 14.1. The molecule has 2 aromatic rings. The Kier molecular flexibility index (Phi) is 4.83. The molecule has 5 nitrogen and oxygen atoms in total. The second-order valence-electron chi connectivity index (χ2n) is 7.28. The number of aryl methyl sites for hydroxylation is 1. The fourth-order valence-electron chi connectivity index (χ4n) is 3.90. The summed E-state index contributed by atoms with van der Waals surface area (Å²) in [5.41, 5.74) is 0.739. The van der Waals surface area contributed by atoms with Crippen LogP contribution < -0.4 is 4.90 Å². The SMILES string of the molecule is CCc1ccc(CN2CCC3(CC2)CN(c2ccccc2)C(=O)CO3)o1. The van der Waals surface area contributed by atoms with E-state index in [1.165, 1.54) is 0 Å². The normalized spacial score (nSPS) is 20.7. The van der Waals surface area contributed by atoms with Gasteiger partial charge >= 0.3 is 0 Å². The number of likely N-dealkylation sites (tertiary alicyclic amines) is 1. The van der Waals surface area contributed by atoms with Gasteiger partial charge in [0.1, 0.15) is 18.1 Å². The van der Waals surface area contributed by atoms with Crippen LogP contribution >= 0.6 is 0 Å². The van der Waals surface area contributed by atoms with E-state index in [1.807, 2.05) is 35.2 Å². The Hall–Kier alpha value is -2.11. The molecule has 1 spiro atoms. The Labute approximate surface area is 154 Å². The number of nitrogens with zero attached hydrogens (tertiary/aromatic N) is 2. The van der Waals surface area contributed by atoms with Gasteiger partial charge < -0.3 is 14.1 Å². The summed E-state index contributed by atoms with van der Waals surface area (Å²) in [6.07, 6.45) is 2.80. The van der Waals surface area contributed by atoms with E-state index in [4.69, 9.17) is 9.15 Å². The molecule has 5 heteroatoms. The predicted molar refractivity (Wildman–Crippen MR) is 100 cm³/mol. The highest BCUT2D eigenvalue weighted by atomic mass is 16.5. The summed E-state index contributed by atoms with van der Waals surface area (Å²) in [6.45, 7) is 5.68. The number of anilines is 1. The summed E-state index contributed by atoms with van der Waals surface area (Å²) in [5, 5.41) is 0. The highest BCUT2D eigenvalue weighted by Gasteiger charge is 2.42. The molecule has 3 heterocycles. The van der Waals surface area contributed by atoms with Gasteiger partial charge in [0.15, 0.2) is 0 Å². The van der Waals surface area contributed by atoms with E-state index >= 15 is 0 Å². The lowest BCUT2D eigenvalue weighted by atomic mass is 9.89. The molecular weight excluding hydrogens is 328 g/mol. The lowest BCUT2D eigenvalue weighted by molar-refractivity contribution is -0.145. The van der Waals surface area contributed by atoms with Gasteiger partial charge in [0.2, 0.25) is 0 Å². The number of para-hydroxylation sites is 1. The molecule has 2 aliphatic heterocycles. The van der Waals surface area contributed by atoms with Crippen molar-refractivity contribution in [2.75, 3.05) is 31.1 Å². The quantitative estimate of drug-likeness (QED) is 0.846. The number of benzene rings is 1. The average molecular weight is 354 g/mol. The van der Waals surface area contributed by atoms with Crippen molar-refractivity contribution in [3.8, 4) is 0 Å². The van der Waals surface area contributed by atoms with E-state index in [2.05, 4.69) is 24.0 Å². The molecule has 0 unspecified atom stereocenters. The van der Waals surface area contributed by atoms with Gasteiger partial charge in [-0.25, -0.2) is 0 Å². The molecule has 0 radical (unpaired) electrons. The second-order valence-corrected chi connectivity index (χ2v) is 7.28. The minimum absolute atomic E-state index is 0.0481. The molecule has 0 bridgehead atoms. The molecule has 0 aliphatic carbocycles. The van der Waals surface area contributed by atoms with E-state index in [1.54, 1.807) is 0 Å². The van der Waals surface area contributed by atoms with Gasteiger partial charge in [0, 0.05) is 25.2 Å². The van der Waals surface area contributed by atoms with Crippen molar-refractivity contribution in [1.82, 2.24) is 4.90 Å². The van der Waals surface area contributed by atoms with E-state index in [9.17, 15) is 4.79 Å². The maximum absolute atomic E-state index is 12.3. The Morgan fingerprint density at radius 2 is 1.77 bits per heavy atom. The molecular formula is C21H26N2O3. The zero-order chi connectivity index (χ0) is 18.0. The number of hydrogen-bond donors (Lipinski definition) is 0. The van der Waals surface area contributed by atoms with E-state index in [0.717, 1.165) is 56.1 Å². The van der Waals surface area contributed by atoms with Crippen LogP contribution in [0.25, 0.3) is 0 Å². The van der Waals surface area contributed by atoms with E-state index in [-0.39, 0.29) is 18.1 Å². The summed E-state index contributed by atoms with van der Waals surface area (Å²) in [4.78, 5) is 16.6. The lowest BCUT2D eigenvalue weighted by Crippen LogP contribution is -2.58. The molecule has 4 rings (SSSR count). The standard InChI is InChI=1S/C21H26N2O3/c1-2-18-8-9-19(26-18)14-22-12-10-21(11-13-22)16-23(20(24)15-25-21)17-6-4-3-5-7-17/h3-9H,2,10-16H2,1H3. The van der Waals surface area contributed by atoms with Crippen molar-refractivity contribution in [2.45, 2.75) is 38.3 Å². The maximum atomic E-state index is 12.3. The van der Waals surface area contributed by atoms with Gasteiger partial charge in [0.05, 0.1) is 18.7 Å². The number of amides is 1. The van der Waals surface area contributed by atoms with Crippen LogP contribution in [-0.4, -0.2) is 42.6 Å². The van der Waals surface area contributed by atoms with Gasteiger partial charge in [-0.2, -0.15) is 0 Å². The van der Waals surface area contributed by atoms with Crippen LogP contribution in [-0.2, 0) is 22.5 Å². The van der Waals surface area contributed by atoms with Crippen LogP contribution in [0.4, 0.5) is 5.69 Å². The highest BCUT2D eigenvalue weighted by Crippen LogP contribution is 2.33. The average Bonchev–Trinajstić information content (AvgIpc) is 3.14. The van der Waals surface area contributed by atoms with Crippen LogP contribution in [0, 0.1) is 0 Å². The van der Waals surface area contributed by atoms with Crippen LogP contribution in [0.5, 0.6) is 0 Å². The number of morpholine rings is 1. The van der Waals surface area contributed by atoms with Crippen LogP contribution in [0.1, 0.15) is 31.3 Å².